The molecule has 1 heterocycles. The summed E-state index contributed by atoms with van der Waals surface area (Å²) >= 11 is 0. The van der Waals surface area contributed by atoms with E-state index in [9.17, 15) is 12.8 Å². The molecule has 0 saturated carbocycles. The highest BCUT2D eigenvalue weighted by Gasteiger charge is 2.30. The van der Waals surface area contributed by atoms with Gasteiger partial charge in [0.05, 0.1) is 22.6 Å². The van der Waals surface area contributed by atoms with Crippen molar-refractivity contribution in [3.8, 4) is 6.07 Å². The van der Waals surface area contributed by atoms with Crippen molar-refractivity contribution in [2.24, 2.45) is 0 Å². The summed E-state index contributed by atoms with van der Waals surface area (Å²) in [7, 11) is -2.97. The third-order valence-corrected chi connectivity index (χ3v) is 5.61. The zero-order chi connectivity index (χ0) is 13.9. The molecular formula is C13H15FN2O2S. The predicted octanol–water partition coefficient (Wildman–Crippen LogP) is 1.36. The van der Waals surface area contributed by atoms with E-state index in [1.807, 2.05) is 6.07 Å². The smallest absolute Gasteiger partial charge is 0.154 e. The second-order valence-electron chi connectivity index (χ2n) is 4.68. The molecule has 0 aromatic heterocycles. The lowest BCUT2D eigenvalue weighted by Gasteiger charge is -2.11. The van der Waals surface area contributed by atoms with Gasteiger partial charge in [-0.15, -0.1) is 0 Å². The molecule has 4 nitrogen and oxygen atoms in total. The fourth-order valence-corrected chi connectivity index (χ4v) is 4.07. The predicted molar refractivity (Wildman–Crippen MR) is 69.6 cm³/mol. The van der Waals surface area contributed by atoms with Gasteiger partial charge in [-0.3, -0.25) is 0 Å². The summed E-state index contributed by atoms with van der Waals surface area (Å²) in [4.78, 5) is 0. The molecule has 0 aliphatic carbocycles. The van der Waals surface area contributed by atoms with E-state index in [2.05, 4.69) is 5.32 Å². The lowest BCUT2D eigenvalue weighted by Crippen LogP contribution is -2.30. The first-order chi connectivity index (χ1) is 9.03. The lowest BCUT2D eigenvalue weighted by molar-refractivity contribution is 0.572. The maximum Gasteiger partial charge on any atom is 0.154 e. The van der Waals surface area contributed by atoms with Gasteiger partial charge in [0.2, 0.25) is 0 Å². The van der Waals surface area contributed by atoms with Gasteiger partial charge in [0, 0.05) is 13.1 Å². The summed E-state index contributed by atoms with van der Waals surface area (Å²) in [5.41, 5.74) is 0.959. The molecule has 1 fully saturated rings. The number of nitrogens with zero attached hydrogens (tertiary/aromatic N) is 1. The van der Waals surface area contributed by atoms with Crippen LogP contribution in [0, 0.1) is 17.1 Å². The fourth-order valence-electron chi connectivity index (χ4n) is 2.27. The molecule has 0 amide bonds. The SMILES string of the molecule is N#Cc1ccc(F)cc1CNCC1CCCS1(=O)=O. The molecule has 1 aliphatic heterocycles. The number of nitrogens with one attached hydrogen (secondary N) is 1. The Morgan fingerprint density at radius 3 is 2.89 bits per heavy atom. The van der Waals surface area contributed by atoms with E-state index >= 15 is 0 Å². The number of nitriles is 1. The molecule has 1 atom stereocenters. The van der Waals surface area contributed by atoms with Gasteiger partial charge >= 0.3 is 0 Å². The Kier molecular flexibility index (Phi) is 4.17. The van der Waals surface area contributed by atoms with Crippen molar-refractivity contribution in [1.82, 2.24) is 5.32 Å². The van der Waals surface area contributed by atoms with Crippen LogP contribution in [-0.2, 0) is 16.4 Å². The van der Waals surface area contributed by atoms with Crippen LogP contribution in [0.4, 0.5) is 4.39 Å². The van der Waals surface area contributed by atoms with E-state index < -0.39 is 15.7 Å². The summed E-state index contributed by atoms with van der Waals surface area (Å²) in [6, 6.07) is 5.96. The number of rotatable bonds is 4. The van der Waals surface area contributed by atoms with Crippen LogP contribution in [0.5, 0.6) is 0 Å². The van der Waals surface area contributed by atoms with E-state index in [0.29, 0.717) is 37.1 Å². The molecule has 1 aliphatic rings. The van der Waals surface area contributed by atoms with Gasteiger partial charge in [0.1, 0.15) is 5.82 Å². The van der Waals surface area contributed by atoms with Crippen LogP contribution in [0.25, 0.3) is 0 Å². The van der Waals surface area contributed by atoms with Crippen LogP contribution in [0.3, 0.4) is 0 Å². The van der Waals surface area contributed by atoms with Gasteiger partial charge in [-0.25, -0.2) is 12.8 Å². The monoisotopic (exact) mass is 282 g/mol. The van der Waals surface area contributed by atoms with Crippen molar-refractivity contribution < 1.29 is 12.8 Å². The molecule has 0 bridgehead atoms. The van der Waals surface area contributed by atoms with E-state index in [-0.39, 0.29) is 11.0 Å². The van der Waals surface area contributed by atoms with E-state index in [1.54, 1.807) is 0 Å². The first-order valence-electron chi connectivity index (χ1n) is 6.14. The third-order valence-electron chi connectivity index (χ3n) is 3.34. The van der Waals surface area contributed by atoms with Gasteiger partial charge in [0.25, 0.3) is 0 Å². The Hall–Kier alpha value is -1.45. The Balaban J connectivity index is 1.97. The number of benzene rings is 1. The van der Waals surface area contributed by atoms with Gasteiger partial charge in [-0.05, 0) is 36.6 Å². The van der Waals surface area contributed by atoms with Crippen molar-refractivity contribution in [2.45, 2.75) is 24.6 Å². The second kappa shape index (κ2) is 5.68. The molecule has 1 aromatic carbocycles. The van der Waals surface area contributed by atoms with Crippen molar-refractivity contribution in [3.63, 3.8) is 0 Å². The Labute approximate surface area is 112 Å². The maximum atomic E-state index is 13.1. The van der Waals surface area contributed by atoms with Crippen molar-refractivity contribution in [3.05, 3.63) is 35.1 Å². The van der Waals surface area contributed by atoms with Crippen molar-refractivity contribution in [1.29, 1.82) is 5.26 Å². The van der Waals surface area contributed by atoms with E-state index in [4.69, 9.17) is 5.26 Å². The normalized spacial score (nSPS) is 21.2. The van der Waals surface area contributed by atoms with Crippen LogP contribution in [0.1, 0.15) is 24.0 Å². The van der Waals surface area contributed by atoms with Crippen LogP contribution >= 0.6 is 0 Å². The second-order valence-corrected chi connectivity index (χ2v) is 7.08. The first kappa shape index (κ1) is 14.0. The van der Waals surface area contributed by atoms with E-state index in [0.717, 1.165) is 0 Å². The quantitative estimate of drug-likeness (QED) is 0.905. The van der Waals surface area contributed by atoms with Crippen LogP contribution in [0.15, 0.2) is 18.2 Å². The van der Waals surface area contributed by atoms with Crippen LogP contribution in [-0.4, -0.2) is 26.0 Å². The summed E-state index contributed by atoms with van der Waals surface area (Å²) in [6.45, 7) is 0.649. The molecule has 1 aromatic rings. The minimum absolute atomic E-state index is 0.253. The Morgan fingerprint density at radius 2 is 2.26 bits per heavy atom. The Morgan fingerprint density at radius 1 is 1.47 bits per heavy atom. The molecular weight excluding hydrogens is 267 g/mol. The highest BCUT2D eigenvalue weighted by Crippen LogP contribution is 2.19. The van der Waals surface area contributed by atoms with Gasteiger partial charge in [0.15, 0.2) is 9.84 Å². The van der Waals surface area contributed by atoms with Gasteiger partial charge < -0.3 is 5.32 Å². The third kappa shape index (κ3) is 3.31. The average molecular weight is 282 g/mol. The molecule has 102 valence electrons. The molecule has 0 radical (unpaired) electrons. The number of sulfone groups is 1. The first-order valence-corrected chi connectivity index (χ1v) is 7.85. The summed E-state index contributed by atoms with van der Waals surface area (Å²) in [5.74, 6) is -0.146. The zero-order valence-corrected chi connectivity index (χ0v) is 11.2. The average Bonchev–Trinajstić information content (AvgIpc) is 2.69. The Bertz CT molecular complexity index is 608. The van der Waals surface area contributed by atoms with Crippen LogP contribution < -0.4 is 5.32 Å². The minimum Gasteiger partial charge on any atom is -0.311 e. The molecule has 1 unspecified atom stereocenters. The lowest BCUT2D eigenvalue weighted by atomic mass is 10.1. The van der Waals surface area contributed by atoms with Crippen molar-refractivity contribution in [2.75, 3.05) is 12.3 Å². The van der Waals surface area contributed by atoms with Gasteiger partial charge in [-0.1, -0.05) is 0 Å². The maximum absolute atomic E-state index is 13.1. The largest absolute Gasteiger partial charge is 0.311 e. The van der Waals surface area contributed by atoms with Crippen LogP contribution in [0.2, 0.25) is 0 Å². The van der Waals surface area contributed by atoms with Crippen molar-refractivity contribution >= 4 is 9.84 Å². The highest BCUT2D eigenvalue weighted by atomic mass is 32.2. The number of halogens is 1. The number of hydrogen-bond acceptors (Lipinski definition) is 4. The molecule has 2 rings (SSSR count). The number of hydrogen-bond donors (Lipinski definition) is 1. The minimum atomic E-state index is -2.97. The zero-order valence-electron chi connectivity index (χ0n) is 10.4. The molecule has 0 spiro atoms. The summed E-state index contributed by atoms with van der Waals surface area (Å²) < 4.78 is 36.4. The molecule has 1 N–H and O–H groups in total. The molecule has 1 saturated heterocycles. The highest BCUT2D eigenvalue weighted by molar-refractivity contribution is 7.92. The van der Waals surface area contributed by atoms with E-state index in [1.165, 1.54) is 18.2 Å². The summed E-state index contributed by atoms with van der Waals surface area (Å²) in [5, 5.41) is 11.6. The standard InChI is InChI=1S/C13H15FN2O2S/c14-12-4-3-10(7-15)11(6-12)8-16-9-13-2-1-5-19(13,17)18/h3-4,6,13,16H,1-2,5,8-9H2. The summed E-state index contributed by atoms with van der Waals surface area (Å²) in [6.07, 6.45) is 1.38. The van der Waals surface area contributed by atoms with Gasteiger partial charge in [-0.2, -0.15) is 5.26 Å². The fraction of sp³-hybridized carbons (Fsp3) is 0.462. The molecule has 6 heteroatoms. The topological polar surface area (TPSA) is 70.0 Å². The molecule has 19 heavy (non-hydrogen) atoms.